The Kier molecular flexibility index (Phi) is 6.05. The highest BCUT2D eigenvalue weighted by Gasteiger charge is 2.57. The highest BCUT2D eigenvalue weighted by molar-refractivity contribution is 5.92. The number of amides is 1. The van der Waals surface area contributed by atoms with Gasteiger partial charge < -0.3 is 19.3 Å². The second-order valence-electron chi connectivity index (χ2n) is 9.82. The molecule has 184 valence electrons. The van der Waals surface area contributed by atoms with Gasteiger partial charge in [0, 0.05) is 45.5 Å². The Morgan fingerprint density at radius 3 is 2.65 bits per heavy atom. The average molecular weight is 479 g/mol. The average Bonchev–Trinajstić information content (AvgIpc) is 3.23. The lowest BCUT2D eigenvalue weighted by Crippen LogP contribution is -2.41. The molecule has 7 nitrogen and oxygen atoms in total. The number of halogens is 3. The molecule has 3 aliphatic rings. The number of imidazole rings is 1. The summed E-state index contributed by atoms with van der Waals surface area (Å²) in [6.07, 6.45) is 1.14. The fraction of sp³-hybridized carbons (Fsp3) is 0.583. The number of aromatic nitrogens is 2. The van der Waals surface area contributed by atoms with Crippen LogP contribution in [0.5, 0.6) is 5.75 Å². The predicted octanol–water partition coefficient (Wildman–Crippen LogP) is 3.05. The van der Waals surface area contributed by atoms with Gasteiger partial charge in [-0.25, -0.2) is 4.98 Å². The molecule has 4 unspecified atom stereocenters. The van der Waals surface area contributed by atoms with Gasteiger partial charge >= 0.3 is 6.36 Å². The Balaban J connectivity index is 1.28. The van der Waals surface area contributed by atoms with Gasteiger partial charge in [-0.1, -0.05) is 12.1 Å². The molecule has 0 radical (unpaired) electrons. The summed E-state index contributed by atoms with van der Waals surface area (Å²) in [5.74, 6) is 0.760. The third-order valence-electron chi connectivity index (χ3n) is 7.46. The lowest BCUT2D eigenvalue weighted by molar-refractivity contribution is -0.274. The van der Waals surface area contributed by atoms with Gasteiger partial charge in [0.25, 0.3) is 5.91 Å². The van der Waals surface area contributed by atoms with Gasteiger partial charge in [-0.2, -0.15) is 0 Å². The van der Waals surface area contributed by atoms with Crippen molar-refractivity contribution in [2.24, 2.45) is 24.8 Å². The number of likely N-dealkylation sites (tertiary alicyclic amines) is 1. The van der Waals surface area contributed by atoms with Crippen LogP contribution in [0.2, 0.25) is 0 Å². The smallest absolute Gasteiger partial charge is 0.406 e. The highest BCUT2D eigenvalue weighted by Crippen LogP contribution is 2.53. The molecule has 1 aromatic carbocycles. The van der Waals surface area contributed by atoms with Gasteiger partial charge in [-0.15, -0.1) is 13.2 Å². The normalized spacial score (nSPS) is 28.7. The number of piperidine rings is 1. The number of rotatable bonds is 7. The molecule has 1 aliphatic heterocycles. The first kappa shape index (κ1) is 23.2. The van der Waals surface area contributed by atoms with Crippen LogP contribution < -0.4 is 4.74 Å². The minimum atomic E-state index is -4.77. The molecule has 5 rings (SSSR count). The van der Waals surface area contributed by atoms with Crippen molar-refractivity contribution in [1.29, 1.82) is 0 Å². The van der Waals surface area contributed by atoms with E-state index in [0.29, 0.717) is 35.6 Å². The first-order chi connectivity index (χ1) is 16.2. The van der Waals surface area contributed by atoms with Gasteiger partial charge in [0.1, 0.15) is 11.4 Å². The molecule has 1 amide bonds. The molecule has 0 bridgehead atoms. The van der Waals surface area contributed by atoms with E-state index in [1.807, 2.05) is 0 Å². The van der Waals surface area contributed by atoms with Gasteiger partial charge in [0.15, 0.2) is 0 Å². The molecule has 10 heteroatoms. The Morgan fingerprint density at radius 1 is 1.26 bits per heavy atom. The van der Waals surface area contributed by atoms with E-state index in [-0.39, 0.29) is 30.3 Å². The number of aryl methyl sites for hydroxylation is 1. The number of nitrogens with zero attached hydrogens (tertiary/aromatic N) is 4. The molecule has 1 saturated heterocycles. The lowest BCUT2D eigenvalue weighted by atomic mass is 10.1. The topological polar surface area (TPSA) is 70.8 Å². The van der Waals surface area contributed by atoms with Crippen LogP contribution in [0.1, 0.15) is 35.3 Å². The van der Waals surface area contributed by atoms with Gasteiger partial charge in [0.05, 0.1) is 12.4 Å². The highest BCUT2D eigenvalue weighted by atomic mass is 19.4. The predicted molar refractivity (Wildman–Crippen MR) is 117 cm³/mol. The van der Waals surface area contributed by atoms with Crippen LogP contribution in [-0.4, -0.2) is 68.5 Å². The van der Waals surface area contributed by atoms with Crippen LogP contribution in [0.25, 0.3) is 0 Å². The molecule has 2 saturated carbocycles. The van der Waals surface area contributed by atoms with Crippen molar-refractivity contribution in [3.8, 4) is 5.75 Å². The van der Waals surface area contributed by atoms with Crippen molar-refractivity contribution in [1.82, 2.24) is 19.4 Å². The molecule has 2 aliphatic carbocycles. The number of aliphatic hydroxyl groups is 1. The Morgan fingerprint density at radius 2 is 2.03 bits per heavy atom. The van der Waals surface area contributed by atoms with Gasteiger partial charge in [-0.3, -0.25) is 9.69 Å². The Hall–Kier alpha value is -2.59. The second kappa shape index (κ2) is 8.88. The van der Waals surface area contributed by atoms with Crippen LogP contribution in [0.4, 0.5) is 13.2 Å². The fourth-order valence-corrected chi connectivity index (χ4v) is 5.79. The van der Waals surface area contributed by atoms with Crippen LogP contribution in [0, 0.1) is 17.8 Å². The monoisotopic (exact) mass is 478 g/mol. The molecule has 34 heavy (non-hydrogen) atoms. The van der Waals surface area contributed by atoms with Crippen molar-refractivity contribution < 1.29 is 27.8 Å². The zero-order chi connectivity index (χ0) is 24.0. The van der Waals surface area contributed by atoms with E-state index in [4.69, 9.17) is 0 Å². The summed E-state index contributed by atoms with van der Waals surface area (Å²) < 4.78 is 43.7. The molecule has 4 atom stereocenters. The first-order valence-electron chi connectivity index (χ1n) is 11.7. The Labute approximate surface area is 196 Å². The summed E-state index contributed by atoms with van der Waals surface area (Å²) >= 11 is 0. The SMILES string of the molecule is Cn1cnc(C(=O)N(Cc2cccc(OC(F)(F)F)c2)CC2C3CN(C4CCCC4O)CC23)c1. The van der Waals surface area contributed by atoms with E-state index in [9.17, 15) is 23.1 Å². The van der Waals surface area contributed by atoms with Crippen LogP contribution in [0.3, 0.4) is 0 Å². The summed E-state index contributed by atoms with van der Waals surface area (Å²) in [4.78, 5) is 21.5. The van der Waals surface area contributed by atoms with Crippen molar-refractivity contribution in [2.75, 3.05) is 19.6 Å². The third kappa shape index (κ3) is 4.93. The number of benzene rings is 1. The minimum Gasteiger partial charge on any atom is -0.406 e. The fourth-order valence-electron chi connectivity index (χ4n) is 5.79. The van der Waals surface area contributed by atoms with E-state index in [2.05, 4.69) is 14.6 Å². The summed E-state index contributed by atoms with van der Waals surface area (Å²) in [5.41, 5.74) is 0.874. The number of aliphatic hydroxyl groups excluding tert-OH is 1. The number of carbonyl (C=O) groups is 1. The standard InChI is InChI=1S/C24H29F3N4O3/c1-29-13-20(28-14-29)23(33)31(9-15-4-2-5-16(8-15)34-24(25,26)27)12-19-17-10-30(11-18(17)19)21-6-3-7-22(21)32/h2,4-5,8,13-14,17-19,21-22,32H,3,6-7,9-12H2,1H3. The molecule has 1 aromatic heterocycles. The molecular weight excluding hydrogens is 449 g/mol. The summed E-state index contributed by atoms with van der Waals surface area (Å²) in [6, 6.07) is 6.01. The summed E-state index contributed by atoms with van der Waals surface area (Å²) in [6.45, 7) is 2.55. The quantitative estimate of drug-likeness (QED) is 0.663. The zero-order valence-corrected chi connectivity index (χ0v) is 19.0. The first-order valence-corrected chi connectivity index (χ1v) is 11.7. The van der Waals surface area contributed by atoms with E-state index in [1.165, 1.54) is 18.2 Å². The molecule has 2 heterocycles. The second-order valence-corrected chi connectivity index (χ2v) is 9.82. The third-order valence-corrected chi connectivity index (χ3v) is 7.46. The van der Waals surface area contributed by atoms with Crippen LogP contribution >= 0.6 is 0 Å². The Bertz CT molecular complexity index is 1030. The van der Waals surface area contributed by atoms with Crippen molar-refractivity contribution in [2.45, 2.75) is 44.3 Å². The van der Waals surface area contributed by atoms with Crippen molar-refractivity contribution in [3.63, 3.8) is 0 Å². The minimum absolute atomic E-state index is 0.172. The van der Waals surface area contributed by atoms with Crippen LogP contribution in [0.15, 0.2) is 36.8 Å². The lowest BCUT2D eigenvalue weighted by Gasteiger charge is -2.30. The number of fused-ring (bicyclic) bond motifs is 1. The molecule has 3 fully saturated rings. The number of hydrogen-bond donors (Lipinski definition) is 1. The zero-order valence-electron chi connectivity index (χ0n) is 19.0. The van der Waals surface area contributed by atoms with E-state index in [1.54, 1.807) is 35.1 Å². The number of alkyl halides is 3. The summed E-state index contributed by atoms with van der Waals surface area (Å²) in [5, 5.41) is 10.2. The molecule has 0 spiro atoms. The molecule has 2 aromatic rings. The molecule has 1 N–H and O–H groups in total. The van der Waals surface area contributed by atoms with Crippen molar-refractivity contribution in [3.05, 3.63) is 48.0 Å². The maximum atomic E-state index is 13.3. The van der Waals surface area contributed by atoms with E-state index < -0.39 is 6.36 Å². The maximum absolute atomic E-state index is 13.3. The largest absolute Gasteiger partial charge is 0.573 e. The van der Waals surface area contributed by atoms with Crippen LogP contribution in [-0.2, 0) is 13.6 Å². The van der Waals surface area contributed by atoms with E-state index in [0.717, 1.165) is 32.4 Å². The van der Waals surface area contributed by atoms with E-state index >= 15 is 0 Å². The number of ether oxygens (including phenoxy) is 1. The van der Waals surface area contributed by atoms with Gasteiger partial charge in [-0.05, 0) is 54.7 Å². The van der Waals surface area contributed by atoms with Crippen molar-refractivity contribution >= 4 is 5.91 Å². The molecular formula is C24H29F3N4O3. The maximum Gasteiger partial charge on any atom is 0.573 e. The summed E-state index contributed by atoms with van der Waals surface area (Å²) in [7, 11) is 1.78. The van der Waals surface area contributed by atoms with Gasteiger partial charge in [0.2, 0.25) is 0 Å². The number of carbonyl (C=O) groups excluding carboxylic acids is 1. The number of hydrogen-bond acceptors (Lipinski definition) is 5.